The molecule has 0 fully saturated rings. The van der Waals surface area contributed by atoms with E-state index in [2.05, 4.69) is 4.98 Å². The lowest BCUT2D eigenvalue weighted by Gasteiger charge is -2.07. The standard InChI is InChI=1S/C13H18N2O4S/c1-17-5-6-19-8-7-18-4-3-15-10-14-11-2-9-20-12(11)13(15)16/h2,9-10H,3-8H2,1H3. The third-order valence-electron chi connectivity index (χ3n) is 2.72. The number of nitrogens with zero attached hydrogens (tertiary/aromatic N) is 2. The lowest BCUT2D eigenvalue weighted by atomic mass is 10.4. The summed E-state index contributed by atoms with van der Waals surface area (Å²) < 4.78 is 17.8. The lowest BCUT2D eigenvalue weighted by molar-refractivity contribution is 0.0229. The molecular formula is C13H18N2O4S. The van der Waals surface area contributed by atoms with Crippen molar-refractivity contribution in [2.75, 3.05) is 40.1 Å². The number of rotatable bonds is 9. The van der Waals surface area contributed by atoms with Gasteiger partial charge in [-0.3, -0.25) is 9.36 Å². The molecule has 110 valence electrons. The summed E-state index contributed by atoms with van der Waals surface area (Å²) in [5, 5.41) is 1.87. The van der Waals surface area contributed by atoms with E-state index in [1.807, 2.05) is 11.4 Å². The highest BCUT2D eigenvalue weighted by Gasteiger charge is 2.04. The fraction of sp³-hybridized carbons (Fsp3) is 0.538. The van der Waals surface area contributed by atoms with E-state index in [-0.39, 0.29) is 5.56 Å². The van der Waals surface area contributed by atoms with Crippen molar-refractivity contribution in [3.05, 3.63) is 28.1 Å². The van der Waals surface area contributed by atoms with Crippen molar-refractivity contribution in [1.82, 2.24) is 9.55 Å². The van der Waals surface area contributed by atoms with E-state index in [1.54, 1.807) is 18.0 Å². The van der Waals surface area contributed by atoms with Crippen LogP contribution in [-0.4, -0.2) is 49.7 Å². The van der Waals surface area contributed by atoms with Gasteiger partial charge in [0, 0.05) is 7.11 Å². The minimum absolute atomic E-state index is 0.00931. The summed E-state index contributed by atoms with van der Waals surface area (Å²) in [6, 6.07) is 1.85. The molecule has 0 amide bonds. The number of methoxy groups -OCH3 is 1. The Morgan fingerprint density at radius 1 is 1.20 bits per heavy atom. The maximum Gasteiger partial charge on any atom is 0.271 e. The van der Waals surface area contributed by atoms with Crippen LogP contribution in [0.15, 0.2) is 22.6 Å². The van der Waals surface area contributed by atoms with Gasteiger partial charge >= 0.3 is 0 Å². The highest BCUT2D eigenvalue weighted by molar-refractivity contribution is 7.17. The van der Waals surface area contributed by atoms with Gasteiger partial charge in [0.2, 0.25) is 0 Å². The van der Waals surface area contributed by atoms with E-state index in [0.717, 1.165) is 5.52 Å². The average molecular weight is 298 g/mol. The Bertz CT molecular complexity index is 581. The Morgan fingerprint density at radius 2 is 1.95 bits per heavy atom. The summed E-state index contributed by atoms with van der Waals surface area (Å²) in [5.74, 6) is 0. The molecule has 0 aliphatic carbocycles. The van der Waals surface area contributed by atoms with Crippen molar-refractivity contribution < 1.29 is 14.2 Å². The minimum atomic E-state index is -0.00931. The van der Waals surface area contributed by atoms with Crippen LogP contribution in [0.25, 0.3) is 10.2 Å². The van der Waals surface area contributed by atoms with E-state index < -0.39 is 0 Å². The maximum atomic E-state index is 12.1. The molecule has 0 saturated carbocycles. The first-order valence-corrected chi connectivity index (χ1v) is 7.28. The van der Waals surface area contributed by atoms with Gasteiger partial charge in [0.25, 0.3) is 5.56 Å². The molecule has 2 aromatic heterocycles. The predicted octanol–water partition coefficient (Wildman–Crippen LogP) is 1.14. The first kappa shape index (κ1) is 15.1. The first-order valence-electron chi connectivity index (χ1n) is 6.40. The molecule has 0 unspecified atom stereocenters. The first-order chi connectivity index (χ1) is 9.83. The fourth-order valence-corrected chi connectivity index (χ4v) is 2.46. The Hall–Kier alpha value is -1.28. The highest BCUT2D eigenvalue weighted by Crippen LogP contribution is 2.12. The van der Waals surface area contributed by atoms with Crippen LogP contribution < -0.4 is 5.56 Å². The summed E-state index contributed by atoms with van der Waals surface area (Å²) in [7, 11) is 1.63. The number of ether oxygens (including phenoxy) is 3. The number of thiophene rings is 1. The molecule has 2 heterocycles. The summed E-state index contributed by atoms with van der Waals surface area (Å²) in [6.45, 7) is 3.15. The SMILES string of the molecule is COCCOCCOCCn1cnc2ccsc2c1=O. The van der Waals surface area contributed by atoms with Crippen LogP contribution in [0.4, 0.5) is 0 Å². The van der Waals surface area contributed by atoms with Crippen LogP contribution in [0, 0.1) is 0 Å². The number of aromatic nitrogens is 2. The zero-order chi connectivity index (χ0) is 14.2. The predicted molar refractivity (Wildman–Crippen MR) is 77.4 cm³/mol. The lowest BCUT2D eigenvalue weighted by Crippen LogP contribution is -2.22. The Balaban J connectivity index is 1.71. The Kier molecular flexibility index (Phi) is 6.13. The Morgan fingerprint density at radius 3 is 2.75 bits per heavy atom. The third-order valence-corrected chi connectivity index (χ3v) is 3.61. The van der Waals surface area contributed by atoms with Gasteiger partial charge in [0.1, 0.15) is 4.70 Å². The van der Waals surface area contributed by atoms with Crippen molar-refractivity contribution in [1.29, 1.82) is 0 Å². The molecule has 0 bridgehead atoms. The largest absolute Gasteiger partial charge is 0.382 e. The highest BCUT2D eigenvalue weighted by atomic mass is 32.1. The second kappa shape index (κ2) is 8.11. The van der Waals surface area contributed by atoms with Gasteiger partial charge in [-0.05, 0) is 11.4 Å². The van der Waals surface area contributed by atoms with Gasteiger partial charge in [0.05, 0.1) is 51.4 Å². The molecule has 7 heteroatoms. The smallest absolute Gasteiger partial charge is 0.271 e. The van der Waals surface area contributed by atoms with Crippen LogP contribution in [0.5, 0.6) is 0 Å². The van der Waals surface area contributed by atoms with Crippen LogP contribution in [0.1, 0.15) is 0 Å². The van der Waals surface area contributed by atoms with Crippen molar-refractivity contribution in [3.8, 4) is 0 Å². The van der Waals surface area contributed by atoms with Crippen molar-refractivity contribution in [2.45, 2.75) is 6.54 Å². The van der Waals surface area contributed by atoms with Crippen LogP contribution in [0.3, 0.4) is 0 Å². The molecule has 0 radical (unpaired) electrons. The average Bonchev–Trinajstić information content (AvgIpc) is 2.93. The maximum absolute atomic E-state index is 12.1. The fourth-order valence-electron chi connectivity index (χ4n) is 1.67. The minimum Gasteiger partial charge on any atom is -0.382 e. The van der Waals surface area contributed by atoms with Gasteiger partial charge in [-0.1, -0.05) is 0 Å². The summed E-state index contributed by atoms with van der Waals surface area (Å²) in [5.41, 5.74) is 0.744. The Labute approximate surface area is 120 Å². The number of hydrogen-bond donors (Lipinski definition) is 0. The summed E-state index contributed by atoms with van der Waals surface area (Å²) in [6.07, 6.45) is 1.57. The van der Waals surface area contributed by atoms with E-state index in [4.69, 9.17) is 14.2 Å². The molecule has 6 nitrogen and oxygen atoms in total. The van der Waals surface area contributed by atoms with Crippen molar-refractivity contribution >= 4 is 21.6 Å². The quantitative estimate of drug-likeness (QED) is 0.650. The molecule has 0 spiro atoms. The number of hydrogen-bond acceptors (Lipinski definition) is 6. The topological polar surface area (TPSA) is 62.6 Å². The van der Waals surface area contributed by atoms with E-state index in [9.17, 15) is 4.79 Å². The van der Waals surface area contributed by atoms with Crippen LogP contribution in [0.2, 0.25) is 0 Å². The van der Waals surface area contributed by atoms with Gasteiger partial charge in [-0.2, -0.15) is 0 Å². The van der Waals surface area contributed by atoms with Gasteiger partial charge in [-0.25, -0.2) is 4.98 Å². The monoisotopic (exact) mass is 298 g/mol. The second-order valence-corrected chi connectivity index (χ2v) is 5.01. The molecule has 2 rings (SSSR count). The summed E-state index contributed by atoms with van der Waals surface area (Å²) >= 11 is 1.41. The van der Waals surface area contributed by atoms with Gasteiger partial charge in [-0.15, -0.1) is 11.3 Å². The molecule has 20 heavy (non-hydrogen) atoms. The third kappa shape index (κ3) is 4.11. The van der Waals surface area contributed by atoms with Gasteiger partial charge < -0.3 is 14.2 Å². The van der Waals surface area contributed by atoms with Crippen LogP contribution >= 0.6 is 11.3 Å². The van der Waals surface area contributed by atoms with E-state index >= 15 is 0 Å². The normalized spacial score (nSPS) is 11.2. The molecule has 0 aromatic carbocycles. The molecule has 0 atom stereocenters. The molecule has 0 N–H and O–H groups in total. The molecule has 0 aliphatic heterocycles. The van der Waals surface area contributed by atoms with E-state index in [1.165, 1.54) is 11.3 Å². The van der Waals surface area contributed by atoms with Crippen molar-refractivity contribution in [2.24, 2.45) is 0 Å². The van der Waals surface area contributed by atoms with Crippen LogP contribution in [-0.2, 0) is 20.8 Å². The number of fused-ring (bicyclic) bond motifs is 1. The van der Waals surface area contributed by atoms with E-state index in [0.29, 0.717) is 44.3 Å². The van der Waals surface area contributed by atoms with Gasteiger partial charge in [0.15, 0.2) is 0 Å². The molecule has 0 saturated heterocycles. The molecule has 2 aromatic rings. The van der Waals surface area contributed by atoms with Crippen molar-refractivity contribution in [3.63, 3.8) is 0 Å². The zero-order valence-corrected chi connectivity index (χ0v) is 12.2. The summed E-state index contributed by atoms with van der Waals surface area (Å²) in [4.78, 5) is 16.3. The molecule has 0 aliphatic rings. The second-order valence-electron chi connectivity index (χ2n) is 4.10. The zero-order valence-electron chi connectivity index (χ0n) is 11.4. The molecular weight excluding hydrogens is 280 g/mol.